The van der Waals surface area contributed by atoms with Crippen molar-refractivity contribution in [2.45, 2.75) is 6.61 Å². The molecular weight excluding hydrogens is 134 g/mol. The Kier molecular flexibility index (Phi) is 0.913. The molecule has 0 bridgehead atoms. The third-order valence-electron chi connectivity index (χ3n) is 1.33. The highest BCUT2D eigenvalue weighted by Crippen LogP contribution is 2.02. The number of rotatable bonds is 0. The summed E-state index contributed by atoms with van der Waals surface area (Å²) in [7, 11) is 0. The van der Waals surface area contributed by atoms with E-state index in [1.54, 1.807) is 10.8 Å². The van der Waals surface area contributed by atoms with Crippen LogP contribution in [0.2, 0.25) is 0 Å². The summed E-state index contributed by atoms with van der Waals surface area (Å²) in [6, 6.07) is 0. The quantitative estimate of drug-likeness (QED) is 0.359. The van der Waals surface area contributed by atoms with Gasteiger partial charge in [-0.3, -0.25) is 0 Å². The van der Waals surface area contributed by atoms with Gasteiger partial charge in [-0.15, -0.1) is 4.85 Å². The van der Waals surface area contributed by atoms with Gasteiger partial charge in [-0.05, 0) is 5.10 Å². The monoisotopic (exact) mass is 139 g/mol. The summed E-state index contributed by atoms with van der Waals surface area (Å²) in [6.07, 6.45) is 4.61. The lowest BCUT2D eigenvalue weighted by Gasteiger charge is -2.03. The number of ether oxygens (including phenoxy) is 1. The molecule has 1 aliphatic rings. The van der Waals surface area contributed by atoms with E-state index in [1.165, 1.54) is 12.6 Å². The van der Waals surface area contributed by atoms with E-state index in [4.69, 9.17) is 4.74 Å². The molecule has 0 radical (unpaired) electrons. The van der Waals surface area contributed by atoms with E-state index in [-0.39, 0.29) is 0 Å². The highest BCUT2D eigenvalue weighted by molar-refractivity contribution is 5.21. The lowest BCUT2D eigenvalue weighted by Crippen LogP contribution is -2.34. The molecule has 5 nitrogen and oxygen atoms in total. The van der Waals surface area contributed by atoms with Crippen LogP contribution in [0.5, 0.6) is 0 Å². The van der Waals surface area contributed by atoms with Gasteiger partial charge in [-0.1, -0.05) is 0 Å². The summed E-state index contributed by atoms with van der Waals surface area (Å²) in [5.74, 6) is 0.502. The molecule has 0 saturated heterocycles. The summed E-state index contributed by atoms with van der Waals surface area (Å²) in [5, 5.41) is 14.2. The molecule has 0 saturated carbocycles. The average Bonchev–Trinajstić information content (AvgIpc) is 2.34. The third kappa shape index (κ3) is 0.570. The maximum Gasteiger partial charge on any atom is 0.325 e. The Morgan fingerprint density at radius 3 is 3.50 bits per heavy atom. The maximum absolute atomic E-state index is 10.7. The van der Waals surface area contributed by atoms with Crippen molar-refractivity contribution in [1.29, 1.82) is 0 Å². The Morgan fingerprint density at radius 2 is 2.70 bits per heavy atom. The first-order valence-corrected chi connectivity index (χ1v) is 2.82. The molecule has 1 aliphatic heterocycles. The minimum Gasteiger partial charge on any atom is -0.691 e. The highest BCUT2D eigenvalue weighted by Gasteiger charge is 2.15. The van der Waals surface area contributed by atoms with Crippen molar-refractivity contribution in [3.8, 4) is 0 Å². The minimum atomic E-state index is 0.292. The Balaban J connectivity index is 2.57. The van der Waals surface area contributed by atoms with Gasteiger partial charge in [-0.25, -0.2) is 0 Å². The molecule has 0 amide bonds. The second kappa shape index (κ2) is 1.73. The Bertz CT molecular complexity index is 278. The van der Waals surface area contributed by atoms with Crippen LogP contribution in [-0.2, 0) is 11.3 Å². The molecule has 52 valence electrons. The smallest absolute Gasteiger partial charge is 0.325 e. The van der Waals surface area contributed by atoms with Gasteiger partial charge in [0.15, 0.2) is 6.61 Å². The van der Waals surface area contributed by atoms with Crippen molar-refractivity contribution in [1.82, 2.24) is 9.67 Å². The largest absolute Gasteiger partial charge is 0.691 e. The van der Waals surface area contributed by atoms with Gasteiger partial charge in [0.05, 0.1) is 0 Å². The van der Waals surface area contributed by atoms with Crippen LogP contribution in [0.1, 0.15) is 5.82 Å². The Labute approximate surface area is 56.7 Å². The molecule has 0 atom stereocenters. The van der Waals surface area contributed by atoms with Crippen LogP contribution in [0.25, 0.3) is 6.20 Å². The highest BCUT2D eigenvalue weighted by atomic mass is 16.5. The normalized spacial score (nSPS) is 14.4. The number of nitrogens with zero attached hydrogens (tertiary/aromatic N) is 3. The second-order valence-corrected chi connectivity index (χ2v) is 1.92. The number of hydrogen-bond acceptors (Lipinski definition) is 3. The van der Waals surface area contributed by atoms with Crippen LogP contribution in [0.4, 0.5) is 0 Å². The van der Waals surface area contributed by atoms with E-state index in [2.05, 4.69) is 5.10 Å². The molecule has 0 fully saturated rings. The van der Waals surface area contributed by atoms with Crippen molar-refractivity contribution < 1.29 is 9.58 Å². The summed E-state index contributed by atoms with van der Waals surface area (Å²) in [4.78, 5) is 0.545. The molecule has 10 heavy (non-hydrogen) atoms. The molecule has 5 heteroatoms. The molecular formula is C5H5N3O2. The van der Waals surface area contributed by atoms with Gasteiger partial charge in [0, 0.05) is 0 Å². The molecule has 0 aromatic carbocycles. The average molecular weight is 139 g/mol. The van der Waals surface area contributed by atoms with Gasteiger partial charge in [-0.2, -0.15) is 4.57 Å². The van der Waals surface area contributed by atoms with Gasteiger partial charge in [0.25, 0.3) is 0 Å². The van der Waals surface area contributed by atoms with Gasteiger partial charge in [0.2, 0.25) is 6.33 Å². The summed E-state index contributed by atoms with van der Waals surface area (Å²) in [6.45, 7) is 0.292. The van der Waals surface area contributed by atoms with Crippen molar-refractivity contribution in [3.05, 3.63) is 23.6 Å². The van der Waals surface area contributed by atoms with Crippen LogP contribution in [0.3, 0.4) is 0 Å². The molecule has 0 unspecified atom stereocenters. The molecule has 0 spiro atoms. The van der Waals surface area contributed by atoms with E-state index in [1.807, 2.05) is 0 Å². The predicted octanol–water partition coefficient (Wildman–Crippen LogP) is -0.525. The first-order chi connectivity index (χ1) is 4.88. The first-order valence-electron chi connectivity index (χ1n) is 2.82. The summed E-state index contributed by atoms with van der Waals surface area (Å²) in [5.41, 5.74) is 0. The van der Waals surface area contributed by atoms with Crippen molar-refractivity contribution in [3.63, 3.8) is 0 Å². The zero-order valence-electron chi connectivity index (χ0n) is 5.10. The van der Waals surface area contributed by atoms with Crippen molar-refractivity contribution in [2.24, 2.45) is 0 Å². The topological polar surface area (TPSA) is 54.0 Å². The van der Waals surface area contributed by atoms with Crippen molar-refractivity contribution in [2.75, 3.05) is 0 Å². The van der Waals surface area contributed by atoms with E-state index in [9.17, 15) is 5.21 Å². The van der Waals surface area contributed by atoms with Gasteiger partial charge < -0.3 is 9.94 Å². The van der Waals surface area contributed by atoms with Crippen LogP contribution >= 0.6 is 0 Å². The first kappa shape index (κ1) is 5.28. The molecule has 2 heterocycles. The van der Waals surface area contributed by atoms with Crippen LogP contribution in [0, 0.1) is 5.21 Å². The molecule has 1 aromatic heterocycles. The second-order valence-electron chi connectivity index (χ2n) is 1.92. The number of aromatic nitrogens is 3. The van der Waals surface area contributed by atoms with Crippen LogP contribution in [0.15, 0.2) is 12.6 Å². The van der Waals surface area contributed by atoms with Crippen LogP contribution < -0.4 is 4.85 Å². The third-order valence-corrected chi connectivity index (χ3v) is 1.33. The van der Waals surface area contributed by atoms with Crippen molar-refractivity contribution >= 4 is 6.20 Å². The zero-order valence-corrected chi connectivity index (χ0v) is 5.10. The van der Waals surface area contributed by atoms with E-state index in [0.717, 1.165) is 0 Å². The predicted molar refractivity (Wildman–Crippen MR) is 31.3 cm³/mol. The Hall–Kier alpha value is -1.52. The summed E-state index contributed by atoms with van der Waals surface area (Å²) < 4.78 is 6.49. The standard InChI is InChI=1S/C5H5N3O2/c9-8-5-3-10-2-1-7(5)4-6-8/h1-2,4H,3H2. The minimum absolute atomic E-state index is 0.292. The molecule has 0 aliphatic carbocycles. The van der Waals surface area contributed by atoms with Gasteiger partial charge >= 0.3 is 5.82 Å². The molecule has 1 aromatic rings. The maximum atomic E-state index is 10.7. The van der Waals surface area contributed by atoms with E-state index < -0.39 is 0 Å². The zero-order chi connectivity index (χ0) is 6.97. The fourth-order valence-corrected chi connectivity index (χ4v) is 0.820. The summed E-state index contributed by atoms with van der Waals surface area (Å²) >= 11 is 0. The van der Waals surface area contributed by atoms with Crippen LogP contribution in [-0.4, -0.2) is 9.67 Å². The molecule has 0 N–H and O–H groups in total. The molecule has 2 rings (SSSR count). The van der Waals surface area contributed by atoms with Gasteiger partial charge in [0.1, 0.15) is 12.5 Å². The Morgan fingerprint density at radius 1 is 1.80 bits per heavy atom. The fourth-order valence-electron chi connectivity index (χ4n) is 0.820. The number of fused-ring (bicyclic) bond motifs is 1. The van der Waals surface area contributed by atoms with E-state index >= 15 is 0 Å². The number of hydrogen-bond donors (Lipinski definition) is 0. The fraction of sp³-hybridized carbons (Fsp3) is 0.200. The lowest BCUT2D eigenvalue weighted by molar-refractivity contribution is -0.676. The lowest BCUT2D eigenvalue weighted by atomic mass is 10.6. The van der Waals surface area contributed by atoms with E-state index in [0.29, 0.717) is 17.3 Å². The SMILES string of the molecule is [O-][n+]1ncn2c1COC=C2.